The van der Waals surface area contributed by atoms with Crippen LogP contribution in [0.3, 0.4) is 0 Å². The molecule has 33 heavy (non-hydrogen) atoms. The lowest BCUT2D eigenvalue weighted by Crippen LogP contribution is -2.55. The van der Waals surface area contributed by atoms with Gasteiger partial charge in [0.1, 0.15) is 11.5 Å². The van der Waals surface area contributed by atoms with Crippen molar-refractivity contribution in [1.82, 2.24) is 24.6 Å². The molecule has 0 saturated carbocycles. The van der Waals surface area contributed by atoms with Crippen LogP contribution in [0.4, 0.5) is 13.2 Å². The van der Waals surface area contributed by atoms with E-state index in [9.17, 15) is 18.0 Å². The zero-order chi connectivity index (χ0) is 23.0. The number of hydrogen-bond acceptors (Lipinski definition) is 4. The Morgan fingerprint density at radius 2 is 1.76 bits per heavy atom. The lowest BCUT2D eigenvalue weighted by Gasteiger charge is -2.37. The molecular weight excluding hydrogens is 431 g/mol. The summed E-state index contributed by atoms with van der Waals surface area (Å²) in [5.74, 6) is -3.10. The van der Waals surface area contributed by atoms with Gasteiger partial charge in [0.15, 0.2) is 0 Å². The summed E-state index contributed by atoms with van der Waals surface area (Å²) in [6.07, 6.45) is 6.48. The van der Waals surface area contributed by atoms with Crippen LogP contribution in [0.1, 0.15) is 5.69 Å². The predicted molar refractivity (Wildman–Crippen MR) is 117 cm³/mol. The predicted octanol–water partition coefficient (Wildman–Crippen LogP) is 3.60. The number of alkyl halides is 2. The van der Waals surface area contributed by atoms with Crippen LogP contribution in [0, 0.1) is 5.82 Å². The van der Waals surface area contributed by atoms with E-state index < -0.39 is 5.92 Å². The Kier molecular flexibility index (Phi) is 5.49. The largest absolute Gasteiger partial charge is 0.331 e. The van der Waals surface area contributed by atoms with Crippen molar-refractivity contribution in [3.63, 3.8) is 0 Å². The monoisotopic (exact) mass is 453 g/mol. The zero-order valence-electron chi connectivity index (χ0n) is 17.8. The minimum absolute atomic E-state index is 0.168. The van der Waals surface area contributed by atoms with E-state index in [2.05, 4.69) is 4.98 Å². The quantitative estimate of drug-likeness (QED) is 0.554. The van der Waals surface area contributed by atoms with E-state index in [1.165, 1.54) is 18.2 Å². The summed E-state index contributed by atoms with van der Waals surface area (Å²) in [5, 5.41) is 4.78. The third kappa shape index (κ3) is 4.41. The van der Waals surface area contributed by atoms with Crippen molar-refractivity contribution in [2.75, 3.05) is 26.2 Å². The Morgan fingerprint density at radius 1 is 1.03 bits per heavy atom. The standard InChI is InChI=1S/C24H22F3N5O/c25-19-5-3-18(4-6-19)23-22(17-7-9-28-10-8-17)20-14-31(12-13-32(20)29-23)21(33)2-1-11-30-15-24(26,27)16-30/h1-10H,11-16H2/b2-1+. The molecule has 9 heteroatoms. The fourth-order valence-corrected chi connectivity index (χ4v) is 4.28. The average molecular weight is 453 g/mol. The molecule has 0 spiro atoms. The van der Waals surface area contributed by atoms with Gasteiger partial charge < -0.3 is 4.90 Å². The lowest BCUT2D eigenvalue weighted by atomic mass is 9.99. The molecule has 5 rings (SSSR count). The van der Waals surface area contributed by atoms with Gasteiger partial charge in [0, 0.05) is 42.7 Å². The summed E-state index contributed by atoms with van der Waals surface area (Å²) in [6.45, 7) is 1.15. The van der Waals surface area contributed by atoms with Crippen LogP contribution in [0.2, 0.25) is 0 Å². The van der Waals surface area contributed by atoms with Crippen molar-refractivity contribution in [3.8, 4) is 22.4 Å². The van der Waals surface area contributed by atoms with Crippen LogP contribution in [-0.4, -0.2) is 62.6 Å². The minimum Gasteiger partial charge on any atom is -0.331 e. The number of carbonyl (C=O) groups is 1. The normalized spacial score (nSPS) is 17.7. The van der Waals surface area contributed by atoms with Gasteiger partial charge in [-0.1, -0.05) is 6.08 Å². The molecule has 0 bridgehead atoms. The number of hydrogen-bond donors (Lipinski definition) is 0. The summed E-state index contributed by atoms with van der Waals surface area (Å²) in [4.78, 5) is 20.2. The van der Waals surface area contributed by atoms with Crippen molar-refractivity contribution >= 4 is 5.91 Å². The van der Waals surface area contributed by atoms with E-state index in [4.69, 9.17) is 5.10 Å². The molecule has 2 aliphatic heterocycles. The summed E-state index contributed by atoms with van der Waals surface area (Å²) < 4.78 is 41.3. The molecule has 4 heterocycles. The first kappa shape index (κ1) is 21.4. The highest BCUT2D eigenvalue weighted by atomic mass is 19.3. The van der Waals surface area contributed by atoms with Crippen molar-refractivity contribution in [3.05, 3.63) is 72.5 Å². The summed E-state index contributed by atoms with van der Waals surface area (Å²) in [7, 11) is 0. The number of likely N-dealkylation sites (tertiary alicyclic amines) is 1. The van der Waals surface area contributed by atoms with Crippen LogP contribution < -0.4 is 0 Å². The molecule has 2 aliphatic rings. The third-order valence-corrected chi connectivity index (χ3v) is 5.91. The maximum atomic E-state index is 13.5. The van der Waals surface area contributed by atoms with Crippen molar-refractivity contribution in [1.29, 1.82) is 0 Å². The number of aromatic nitrogens is 3. The second-order valence-corrected chi connectivity index (χ2v) is 8.32. The van der Waals surface area contributed by atoms with E-state index in [1.54, 1.807) is 40.4 Å². The second kappa shape index (κ2) is 8.47. The van der Waals surface area contributed by atoms with Gasteiger partial charge in [-0.3, -0.25) is 19.4 Å². The van der Waals surface area contributed by atoms with Crippen molar-refractivity contribution in [2.45, 2.75) is 19.0 Å². The smallest absolute Gasteiger partial charge is 0.272 e. The number of halogens is 3. The highest BCUT2D eigenvalue weighted by Gasteiger charge is 2.42. The Labute approximate surface area is 188 Å². The number of rotatable bonds is 5. The lowest BCUT2D eigenvalue weighted by molar-refractivity contribution is -0.127. The Balaban J connectivity index is 1.40. The minimum atomic E-state index is -2.62. The Bertz CT molecular complexity index is 1180. The van der Waals surface area contributed by atoms with Crippen LogP contribution in [0.15, 0.2) is 60.9 Å². The molecule has 2 aromatic heterocycles. The Morgan fingerprint density at radius 3 is 2.45 bits per heavy atom. The highest BCUT2D eigenvalue weighted by Crippen LogP contribution is 2.36. The van der Waals surface area contributed by atoms with Gasteiger partial charge in [-0.25, -0.2) is 13.2 Å². The number of pyridine rings is 1. The molecular formula is C24H22F3N5O. The maximum absolute atomic E-state index is 13.5. The van der Waals surface area contributed by atoms with Crippen LogP contribution in [-0.2, 0) is 17.9 Å². The molecule has 0 N–H and O–H groups in total. The van der Waals surface area contributed by atoms with Gasteiger partial charge >= 0.3 is 0 Å². The van der Waals surface area contributed by atoms with Crippen LogP contribution in [0.5, 0.6) is 0 Å². The van der Waals surface area contributed by atoms with E-state index in [1.807, 2.05) is 16.8 Å². The number of benzene rings is 1. The van der Waals surface area contributed by atoms with E-state index in [0.29, 0.717) is 26.2 Å². The van der Waals surface area contributed by atoms with Gasteiger partial charge in [-0.05, 0) is 42.0 Å². The van der Waals surface area contributed by atoms with Gasteiger partial charge in [0.05, 0.1) is 31.9 Å². The molecule has 6 nitrogen and oxygen atoms in total. The molecule has 3 aromatic rings. The SMILES string of the molecule is O=C(/C=C/CN1CC(F)(F)C1)N1CCn2nc(-c3ccc(F)cc3)c(-c3ccncc3)c2C1. The molecule has 0 radical (unpaired) electrons. The number of carbonyl (C=O) groups excluding carboxylic acids is 1. The fourth-order valence-electron chi connectivity index (χ4n) is 4.28. The average Bonchev–Trinajstić information content (AvgIpc) is 3.17. The van der Waals surface area contributed by atoms with Crippen LogP contribution >= 0.6 is 0 Å². The zero-order valence-corrected chi connectivity index (χ0v) is 17.8. The van der Waals surface area contributed by atoms with Gasteiger partial charge in [-0.2, -0.15) is 5.10 Å². The number of fused-ring (bicyclic) bond motifs is 1. The van der Waals surface area contributed by atoms with Crippen molar-refractivity contribution in [2.24, 2.45) is 0 Å². The van der Waals surface area contributed by atoms with E-state index in [-0.39, 0.29) is 24.8 Å². The topological polar surface area (TPSA) is 54.3 Å². The van der Waals surface area contributed by atoms with Gasteiger partial charge in [0.2, 0.25) is 5.91 Å². The van der Waals surface area contributed by atoms with Gasteiger partial charge in [-0.15, -0.1) is 0 Å². The molecule has 1 aromatic carbocycles. The first-order valence-electron chi connectivity index (χ1n) is 10.7. The molecule has 1 fully saturated rings. The number of amides is 1. The highest BCUT2D eigenvalue weighted by molar-refractivity contribution is 5.88. The van der Waals surface area contributed by atoms with E-state index >= 15 is 0 Å². The van der Waals surface area contributed by atoms with Crippen molar-refractivity contribution < 1.29 is 18.0 Å². The third-order valence-electron chi connectivity index (χ3n) is 5.91. The molecule has 0 atom stereocenters. The fraction of sp³-hybridized carbons (Fsp3) is 0.292. The Hall–Kier alpha value is -3.46. The molecule has 0 aliphatic carbocycles. The summed E-state index contributed by atoms with van der Waals surface area (Å²) in [5.41, 5.74) is 4.19. The summed E-state index contributed by atoms with van der Waals surface area (Å²) >= 11 is 0. The molecule has 0 unspecified atom stereocenters. The van der Waals surface area contributed by atoms with Crippen LogP contribution in [0.25, 0.3) is 22.4 Å². The first-order chi connectivity index (χ1) is 15.9. The number of nitrogens with zero attached hydrogens (tertiary/aromatic N) is 5. The van der Waals surface area contributed by atoms with Gasteiger partial charge in [0.25, 0.3) is 5.92 Å². The molecule has 1 saturated heterocycles. The summed E-state index contributed by atoms with van der Waals surface area (Å²) in [6, 6.07) is 9.96. The maximum Gasteiger partial charge on any atom is 0.272 e. The molecule has 170 valence electrons. The first-order valence-corrected chi connectivity index (χ1v) is 10.7. The van der Waals surface area contributed by atoms with E-state index in [0.717, 1.165) is 28.1 Å². The second-order valence-electron chi connectivity index (χ2n) is 8.32. The molecule has 1 amide bonds.